The normalized spacial score (nSPS) is 15.2. The first-order chi connectivity index (χ1) is 16.0. The van der Waals surface area contributed by atoms with E-state index in [2.05, 4.69) is 58.1 Å². The van der Waals surface area contributed by atoms with Gasteiger partial charge < -0.3 is 20.0 Å². The highest BCUT2D eigenvalue weighted by molar-refractivity contribution is 5.83. The van der Waals surface area contributed by atoms with Crippen molar-refractivity contribution in [1.82, 2.24) is 34.1 Å². The molecule has 0 saturated heterocycles. The van der Waals surface area contributed by atoms with E-state index in [4.69, 9.17) is 0 Å². The van der Waals surface area contributed by atoms with Gasteiger partial charge in [0.25, 0.3) is 5.62 Å². The highest BCUT2D eigenvalue weighted by Gasteiger charge is 2.21. The molecule has 0 radical (unpaired) electrons. The summed E-state index contributed by atoms with van der Waals surface area (Å²) in [6.07, 6.45) is 7.32. The van der Waals surface area contributed by atoms with E-state index in [0.717, 1.165) is 23.9 Å². The maximum atomic E-state index is 11.5. The lowest BCUT2D eigenvalue weighted by molar-refractivity contribution is 0.454. The maximum Gasteiger partial charge on any atom is 0.326 e. The quantitative estimate of drug-likeness (QED) is 0.313. The van der Waals surface area contributed by atoms with E-state index in [9.17, 15) is 9.90 Å². The number of aromatic nitrogens is 7. The predicted molar refractivity (Wildman–Crippen MR) is 121 cm³/mol. The molecule has 1 aliphatic carbocycles. The summed E-state index contributed by atoms with van der Waals surface area (Å²) in [6, 6.07) is 8.54. The van der Waals surface area contributed by atoms with E-state index < -0.39 is 5.69 Å². The van der Waals surface area contributed by atoms with Crippen molar-refractivity contribution in [3.05, 3.63) is 69.2 Å². The Labute approximate surface area is 186 Å². The van der Waals surface area contributed by atoms with E-state index in [0.29, 0.717) is 29.0 Å². The van der Waals surface area contributed by atoms with Crippen LogP contribution in [0.15, 0.2) is 46.4 Å². The van der Waals surface area contributed by atoms with Gasteiger partial charge in [0.15, 0.2) is 5.65 Å². The summed E-state index contributed by atoms with van der Waals surface area (Å²) in [6.45, 7) is 0.541. The summed E-state index contributed by atoms with van der Waals surface area (Å²) in [5.74, 6) is 0.183. The van der Waals surface area contributed by atoms with Gasteiger partial charge in [0.1, 0.15) is 5.69 Å². The molecule has 11 nitrogen and oxygen atoms in total. The number of aromatic amines is 2. The van der Waals surface area contributed by atoms with Gasteiger partial charge in [-0.3, -0.25) is 4.98 Å². The highest BCUT2D eigenvalue weighted by atomic mass is 16.3. The van der Waals surface area contributed by atoms with E-state index in [1.165, 1.54) is 5.39 Å². The number of benzene rings is 1. The Morgan fingerprint density at radius 1 is 1.27 bits per heavy atom. The standard InChI is InChI=1S/C22H21N9O2/c1-30-8-7-15-12(3-2-4-17(15)30)10-23-20-27-18-13(9-16-19(32)28-22(33)26-16)11-24-31(18)21(29-20)25-14-5-6-14/h2-4,7-9,11,14,32H,5-6,10H2,1H3,(H,23,25,29)(H2,26,28,33). The lowest BCUT2D eigenvalue weighted by Gasteiger charge is -2.07. The summed E-state index contributed by atoms with van der Waals surface area (Å²) in [4.78, 5) is 30.3. The van der Waals surface area contributed by atoms with Crippen LogP contribution in [0, 0.1) is 0 Å². The Morgan fingerprint density at radius 3 is 2.94 bits per heavy atom. The fraction of sp³-hybridized carbons (Fsp3) is 0.227. The number of H-pyrrole nitrogens is 2. The summed E-state index contributed by atoms with van der Waals surface area (Å²) in [5, 5.41) is 19.4. The molecule has 1 saturated carbocycles. The van der Waals surface area contributed by atoms with Crippen molar-refractivity contribution < 1.29 is 5.11 Å². The van der Waals surface area contributed by atoms with Gasteiger partial charge in [-0.25, -0.2) is 9.79 Å². The van der Waals surface area contributed by atoms with Gasteiger partial charge in [-0.15, -0.1) is 0 Å². The average Bonchev–Trinajstić information content (AvgIpc) is 3.26. The first-order valence-corrected chi connectivity index (χ1v) is 10.6. The molecule has 166 valence electrons. The molecule has 4 N–H and O–H groups in total. The molecule has 1 aromatic carbocycles. The van der Waals surface area contributed by atoms with Crippen LogP contribution in [0.4, 0.5) is 5.95 Å². The van der Waals surface area contributed by atoms with E-state index in [1.807, 2.05) is 19.3 Å². The Kier molecular flexibility index (Phi) is 4.28. The Hall–Kier alpha value is -4.41. The van der Waals surface area contributed by atoms with Gasteiger partial charge in [-0.2, -0.15) is 19.6 Å². The number of anilines is 1. The van der Waals surface area contributed by atoms with E-state index in [-0.39, 0.29) is 17.6 Å². The third-order valence-corrected chi connectivity index (χ3v) is 5.71. The molecule has 1 fully saturated rings. The molecule has 0 bridgehead atoms. The summed E-state index contributed by atoms with van der Waals surface area (Å²) in [5.41, 5.74) is 3.03. The Bertz CT molecular complexity index is 1680. The first-order valence-electron chi connectivity index (χ1n) is 10.6. The molecule has 33 heavy (non-hydrogen) atoms. The van der Waals surface area contributed by atoms with Crippen LogP contribution < -0.4 is 21.8 Å². The second-order valence-corrected chi connectivity index (χ2v) is 8.16. The average molecular weight is 443 g/mol. The minimum atomic E-state index is -0.494. The smallest absolute Gasteiger partial charge is 0.326 e. The van der Waals surface area contributed by atoms with Crippen LogP contribution in [0.1, 0.15) is 24.1 Å². The second-order valence-electron chi connectivity index (χ2n) is 8.16. The van der Waals surface area contributed by atoms with Crippen molar-refractivity contribution in [2.24, 2.45) is 12.0 Å². The van der Waals surface area contributed by atoms with Crippen molar-refractivity contribution in [1.29, 1.82) is 0 Å². The van der Waals surface area contributed by atoms with Gasteiger partial charge in [-0.1, -0.05) is 12.1 Å². The minimum Gasteiger partial charge on any atom is -0.493 e. The maximum absolute atomic E-state index is 11.5. The molecule has 6 rings (SSSR count). The van der Waals surface area contributed by atoms with Crippen LogP contribution in [-0.2, 0) is 13.6 Å². The minimum absolute atomic E-state index is 0.245. The fourth-order valence-corrected chi connectivity index (χ4v) is 3.85. The van der Waals surface area contributed by atoms with Gasteiger partial charge in [0.05, 0.1) is 12.2 Å². The third kappa shape index (κ3) is 3.53. The molecule has 0 spiro atoms. The zero-order chi connectivity index (χ0) is 22.5. The zero-order valence-electron chi connectivity index (χ0n) is 17.8. The van der Waals surface area contributed by atoms with E-state index >= 15 is 0 Å². The largest absolute Gasteiger partial charge is 0.493 e. The van der Waals surface area contributed by atoms with Crippen LogP contribution in [0.2, 0.25) is 0 Å². The van der Waals surface area contributed by atoms with Crippen molar-refractivity contribution >= 4 is 28.6 Å². The summed E-state index contributed by atoms with van der Waals surface area (Å²) in [7, 11) is 2.02. The molecule has 0 aliphatic heterocycles. The number of nitrogens with zero attached hydrogens (tertiary/aromatic N) is 6. The Morgan fingerprint density at radius 2 is 2.15 bits per heavy atom. The molecule has 0 amide bonds. The van der Waals surface area contributed by atoms with E-state index in [1.54, 1.807) is 16.8 Å². The number of hydrogen-bond donors (Lipinski definition) is 4. The third-order valence-electron chi connectivity index (χ3n) is 5.71. The molecular weight excluding hydrogens is 422 g/mol. The first kappa shape index (κ1) is 19.3. The van der Waals surface area contributed by atoms with Gasteiger partial charge in [0, 0.05) is 35.9 Å². The molecule has 0 atom stereocenters. The van der Waals surface area contributed by atoms with Crippen molar-refractivity contribution in [3.8, 4) is 5.88 Å². The molecule has 1 aliphatic rings. The van der Waals surface area contributed by atoms with Gasteiger partial charge in [-0.05, 0) is 36.6 Å². The monoisotopic (exact) mass is 443 g/mol. The number of aryl methyl sites for hydroxylation is 1. The molecule has 0 unspecified atom stereocenters. The Balaban J connectivity index is 1.44. The molecule has 11 heteroatoms. The zero-order valence-corrected chi connectivity index (χ0v) is 17.8. The number of hydrogen-bond acceptors (Lipinski definition) is 7. The van der Waals surface area contributed by atoms with Gasteiger partial charge >= 0.3 is 5.69 Å². The lowest BCUT2D eigenvalue weighted by atomic mass is 10.1. The lowest BCUT2D eigenvalue weighted by Crippen LogP contribution is -2.24. The number of aromatic hydroxyl groups is 1. The fourth-order valence-electron chi connectivity index (χ4n) is 3.85. The van der Waals surface area contributed by atoms with Crippen molar-refractivity contribution in [2.75, 3.05) is 5.32 Å². The molecule has 4 heterocycles. The van der Waals surface area contributed by atoms with Crippen LogP contribution >= 0.6 is 0 Å². The van der Waals surface area contributed by atoms with Crippen LogP contribution in [0.5, 0.6) is 5.88 Å². The number of fused-ring (bicyclic) bond motifs is 2. The number of nitrogens with one attached hydrogen (secondary N) is 3. The van der Waals surface area contributed by atoms with Crippen molar-refractivity contribution in [3.63, 3.8) is 0 Å². The summed E-state index contributed by atoms with van der Waals surface area (Å²) < 4.78 is 3.66. The predicted octanol–water partition coefficient (Wildman–Crippen LogP) is 0.561. The van der Waals surface area contributed by atoms with Crippen LogP contribution in [-0.4, -0.2) is 45.3 Å². The molecule has 4 aromatic heterocycles. The molecular formula is C22H21N9O2. The molecule has 5 aromatic rings. The number of imidazole rings is 1. The van der Waals surface area contributed by atoms with Crippen LogP contribution in [0.25, 0.3) is 22.6 Å². The highest BCUT2D eigenvalue weighted by Crippen LogP contribution is 2.22. The van der Waals surface area contributed by atoms with Gasteiger partial charge in [0.2, 0.25) is 11.8 Å². The number of rotatable bonds is 5. The van der Waals surface area contributed by atoms with Crippen LogP contribution in [0.3, 0.4) is 0 Å². The topological polar surface area (TPSA) is 141 Å². The SMILES string of the molecule is Cn1ccc2c(CNc3nc(=NC4CC4)n4ncc(=Cc5[nH]c(=O)[nH]c5O)c4n3)cccc21. The van der Waals surface area contributed by atoms with Crippen molar-refractivity contribution in [2.45, 2.75) is 25.4 Å². The second kappa shape index (κ2) is 7.33. The summed E-state index contributed by atoms with van der Waals surface area (Å²) >= 11 is 0.